The summed E-state index contributed by atoms with van der Waals surface area (Å²) >= 11 is 0. The van der Waals surface area contributed by atoms with Gasteiger partial charge in [0.25, 0.3) is 0 Å². The third-order valence-electron chi connectivity index (χ3n) is 1.64. The SMILES string of the molecule is [CH2]CCc1ccc(CF)cc1. The van der Waals surface area contributed by atoms with Crippen LogP contribution in [0.1, 0.15) is 17.5 Å². The summed E-state index contributed by atoms with van der Waals surface area (Å²) in [5.74, 6) is 0. The molecule has 0 fully saturated rings. The molecule has 0 unspecified atom stereocenters. The molecule has 0 atom stereocenters. The third-order valence-corrected chi connectivity index (χ3v) is 1.64. The molecule has 1 heteroatoms. The number of hydrogen-bond donors (Lipinski definition) is 0. The summed E-state index contributed by atoms with van der Waals surface area (Å²) < 4.78 is 12.0. The van der Waals surface area contributed by atoms with Gasteiger partial charge in [-0.3, -0.25) is 0 Å². The Labute approximate surface area is 67.1 Å². The fourth-order valence-electron chi connectivity index (χ4n) is 0.999. The zero-order chi connectivity index (χ0) is 8.10. The highest BCUT2D eigenvalue weighted by Gasteiger charge is 1.91. The molecule has 0 saturated carbocycles. The molecular formula is C10H12F. The minimum absolute atomic E-state index is 0.370. The van der Waals surface area contributed by atoms with Gasteiger partial charge in [-0.05, 0) is 24.0 Å². The Hall–Kier alpha value is -0.850. The number of rotatable bonds is 3. The van der Waals surface area contributed by atoms with Crippen molar-refractivity contribution in [1.29, 1.82) is 0 Å². The van der Waals surface area contributed by atoms with Crippen LogP contribution in [-0.2, 0) is 13.1 Å². The minimum Gasteiger partial charge on any atom is -0.246 e. The van der Waals surface area contributed by atoms with E-state index in [1.54, 1.807) is 0 Å². The Morgan fingerprint density at radius 3 is 2.09 bits per heavy atom. The number of aryl methyl sites for hydroxylation is 1. The maximum Gasteiger partial charge on any atom is 0.115 e. The summed E-state index contributed by atoms with van der Waals surface area (Å²) in [6.07, 6.45) is 1.88. The van der Waals surface area contributed by atoms with E-state index in [0.29, 0.717) is 0 Å². The summed E-state index contributed by atoms with van der Waals surface area (Å²) in [5, 5.41) is 0. The van der Waals surface area contributed by atoms with E-state index >= 15 is 0 Å². The zero-order valence-electron chi connectivity index (χ0n) is 6.52. The van der Waals surface area contributed by atoms with Crippen LogP contribution in [0.25, 0.3) is 0 Å². The number of halogens is 1. The monoisotopic (exact) mass is 151 g/mol. The third kappa shape index (κ3) is 2.34. The smallest absolute Gasteiger partial charge is 0.115 e. The van der Waals surface area contributed by atoms with Gasteiger partial charge >= 0.3 is 0 Å². The maximum absolute atomic E-state index is 12.0. The summed E-state index contributed by atoms with van der Waals surface area (Å²) in [5.41, 5.74) is 1.98. The lowest BCUT2D eigenvalue weighted by atomic mass is 10.1. The largest absolute Gasteiger partial charge is 0.246 e. The van der Waals surface area contributed by atoms with E-state index in [4.69, 9.17) is 0 Å². The highest BCUT2D eigenvalue weighted by atomic mass is 19.1. The van der Waals surface area contributed by atoms with Gasteiger partial charge in [0.05, 0.1) is 0 Å². The van der Waals surface area contributed by atoms with E-state index in [0.717, 1.165) is 18.4 Å². The van der Waals surface area contributed by atoms with Crippen LogP contribution in [0.5, 0.6) is 0 Å². The molecule has 1 aromatic carbocycles. The summed E-state index contributed by atoms with van der Waals surface area (Å²) in [6, 6.07) is 7.57. The first-order chi connectivity index (χ1) is 5.36. The molecule has 0 aliphatic carbocycles. The molecule has 0 bridgehead atoms. The lowest BCUT2D eigenvalue weighted by Crippen LogP contribution is -1.83. The first-order valence-electron chi connectivity index (χ1n) is 3.80. The first-order valence-corrected chi connectivity index (χ1v) is 3.80. The van der Waals surface area contributed by atoms with Crippen molar-refractivity contribution in [1.82, 2.24) is 0 Å². The van der Waals surface area contributed by atoms with Crippen molar-refractivity contribution in [2.24, 2.45) is 0 Å². The molecule has 0 aliphatic heterocycles. The molecule has 11 heavy (non-hydrogen) atoms. The second kappa shape index (κ2) is 4.12. The van der Waals surface area contributed by atoms with Gasteiger partial charge in [-0.1, -0.05) is 31.2 Å². The highest BCUT2D eigenvalue weighted by Crippen LogP contribution is 2.06. The van der Waals surface area contributed by atoms with Crippen LogP contribution < -0.4 is 0 Å². The summed E-state index contributed by atoms with van der Waals surface area (Å²) in [7, 11) is 0. The van der Waals surface area contributed by atoms with Crippen LogP contribution in [0, 0.1) is 6.92 Å². The number of benzene rings is 1. The van der Waals surface area contributed by atoms with Gasteiger partial charge in [0.2, 0.25) is 0 Å². The van der Waals surface area contributed by atoms with Crippen molar-refractivity contribution in [3.8, 4) is 0 Å². The number of alkyl halides is 1. The van der Waals surface area contributed by atoms with Crippen molar-refractivity contribution in [2.75, 3.05) is 0 Å². The molecule has 59 valence electrons. The summed E-state index contributed by atoms with van der Waals surface area (Å²) in [6.45, 7) is 3.38. The van der Waals surface area contributed by atoms with Crippen LogP contribution in [0.4, 0.5) is 4.39 Å². The van der Waals surface area contributed by atoms with Crippen molar-refractivity contribution in [3.05, 3.63) is 42.3 Å². The minimum atomic E-state index is -0.370. The summed E-state index contributed by atoms with van der Waals surface area (Å²) in [4.78, 5) is 0. The molecule has 0 aromatic heterocycles. The normalized spacial score (nSPS) is 10.0. The Morgan fingerprint density at radius 1 is 1.09 bits per heavy atom. The van der Waals surface area contributed by atoms with Gasteiger partial charge < -0.3 is 0 Å². The molecule has 0 N–H and O–H groups in total. The van der Waals surface area contributed by atoms with Crippen molar-refractivity contribution < 1.29 is 4.39 Å². The molecule has 0 spiro atoms. The molecule has 1 radical (unpaired) electrons. The average molecular weight is 151 g/mol. The van der Waals surface area contributed by atoms with Crippen LogP contribution in [0.15, 0.2) is 24.3 Å². The van der Waals surface area contributed by atoms with Crippen LogP contribution in [0.3, 0.4) is 0 Å². The second-order valence-electron chi connectivity index (χ2n) is 2.55. The van der Waals surface area contributed by atoms with E-state index in [-0.39, 0.29) is 6.67 Å². The van der Waals surface area contributed by atoms with Gasteiger partial charge in [0, 0.05) is 0 Å². The lowest BCUT2D eigenvalue weighted by Gasteiger charge is -1.98. The van der Waals surface area contributed by atoms with E-state index < -0.39 is 0 Å². The molecule has 0 saturated heterocycles. The predicted molar refractivity (Wildman–Crippen MR) is 44.9 cm³/mol. The Kier molecular flexibility index (Phi) is 3.09. The average Bonchev–Trinajstić information content (AvgIpc) is 2.07. The van der Waals surface area contributed by atoms with Gasteiger partial charge in [0.15, 0.2) is 0 Å². The predicted octanol–water partition coefficient (Wildman–Crippen LogP) is 2.92. The van der Waals surface area contributed by atoms with Crippen LogP contribution in [0.2, 0.25) is 0 Å². The highest BCUT2D eigenvalue weighted by molar-refractivity contribution is 5.21. The fourth-order valence-corrected chi connectivity index (χ4v) is 0.999. The standard InChI is InChI=1S/C10H12F/c1-2-3-9-4-6-10(8-11)7-5-9/h4-7H,1-3,8H2. The topological polar surface area (TPSA) is 0 Å². The van der Waals surface area contributed by atoms with E-state index in [1.807, 2.05) is 24.3 Å². The second-order valence-corrected chi connectivity index (χ2v) is 2.55. The van der Waals surface area contributed by atoms with Gasteiger partial charge in [-0.15, -0.1) is 0 Å². The first kappa shape index (κ1) is 8.25. The van der Waals surface area contributed by atoms with Gasteiger partial charge in [-0.25, -0.2) is 4.39 Å². The molecule has 0 aliphatic rings. The quantitative estimate of drug-likeness (QED) is 0.623. The Balaban J connectivity index is 2.66. The van der Waals surface area contributed by atoms with E-state index in [1.165, 1.54) is 5.56 Å². The van der Waals surface area contributed by atoms with Crippen molar-refractivity contribution >= 4 is 0 Å². The van der Waals surface area contributed by atoms with Crippen molar-refractivity contribution in [3.63, 3.8) is 0 Å². The molecule has 1 aromatic rings. The molecule has 0 nitrogen and oxygen atoms in total. The maximum atomic E-state index is 12.0. The van der Waals surface area contributed by atoms with Crippen LogP contribution in [-0.4, -0.2) is 0 Å². The van der Waals surface area contributed by atoms with Gasteiger partial charge in [0.1, 0.15) is 6.67 Å². The molecule has 1 rings (SSSR count). The molecule has 0 heterocycles. The lowest BCUT2D eigenvalue weighted by molar-refractivity contribution is 0.485. The fraction of sp³-hybridized carbons (Fsp3) is 0.300. The molecular weight excluding hydrogens is 139 g/mol. The van der Waals surface area contributed by atoms with Gasteiger partial charge in [-0.2, -0.15) is 0 Å². The van der Waals surface area contributed by atoms with E-state index in [2.05, 4.69) is 6.92 Å². The van der Waals surface area contributed by atoms with E-state index in [9.17, 15) is 4.39 Å². The Morgan fingerprint density at radius 2 is 1.64 bits per heavy atom. The van der Waals surface area contributed by atoms with Crippen LogP contribution >= 0.6 is 0 Å². The number of hydrogen-bond acceptors (Lipinski definition) is 0. The zero-order valence-corrected chi connectivity index (χ0v) is 6.52. The molecule has 0 amide bonds. The van der Waals surface area contributed by atoms with Crippen molar-refractivity contribution in [2.45, 2.75) is 19.5 Å². The Bertz CT molecular complexity index is 201.